The molecule has 0 bridgehead atoms. The second kappa shape index (κ2) is 6.91. The molecule has 4 heteroatoms. The first kappa shape index (κ1) is 14.3. The van der Waals surface area contributed by atoms with E-state index < -0.39 is 5.97 Å². The van der Waals surface area contributed by atoms with Gasteiger partial charge in [0, 0.05) is 10.5 Å². The summed E-state index contributed by atoms with van der Waals surface area (Å²) in [6.07, 6.45) is 2.64. The Morgan fingerprint density at radius 3 is 2.60 bits per heavy atom. The van der Waals surface area contributed by atoms with Crippen molar-refractivity contribution in [1.82, 2.24) is 0 Å². The summed E-state index contributed by atoms with van der Waals surface area (Å²) in [6, 6.07) is 15.3. The van der Waals surface area contributed by atoms with Gasteiger partial charge >= 0.3 is 5.97 Å². The van der Waals surface area contributed by atoms with Crippen LogP contribution in [0, 0.1) is 0 Å². The summed E-state index contributed by atoms with van der Waals surface area (Å²) < 4.78 is 6.48. The smallest absolute Gasteiger partial charge is 0.328 e. The molecule has 102 valence electrons. The van der Waals surface area contributed by atoms with Gasteiger partial charge in [-0.05, 0) is 29.3 Å². The topological polar surface area (TPSA) is 46.5 Å². The lowest BCUT2D eigenvalue weighted by Gasteiger charge is -2.08. The van der Waals surface area contributed by atoms with Crippen molar-refractivity contribution in [2.45, 2.75) is 6.61 Å². The van der Waals surface area contributed by atoms with Gasteiger partial charge in [-0.15, -0.1) is 0 Å². The molecular weight excluding hydrogens is 320 g/mol. The fraction of sp³-hybridized carbons (Fsp3) is 0.0625. The molecule has 3 nitrogen and oxygen atoms in total. The Labute approximate surface area is 125 Å². The summed E-state index contributed by atoms with van der Waals surface area (Å²) in [7, 11) is 0. The van der Waals surface area contributed by atoms with Gasteiger partial charge < -0.3 is 9.84 Å². The predicted octanol–water partition coefficient (Wildman–Crippen LogP) is 4.13. The van der Waals surface area contributed by atoms with Crippen LogP contribution >= 0.6 is 15.9 Å². The highest BCUT2D eigenvalue weighted by Gasteiger charge is 2.01. The van der Waals surface area contributed by atoms with E-state index in [0.717, 1.165) is 27.4 Å². The van der Waals surface area contributed by atoms with Gasteiger partial charge in [-0.25, -0.2) is 4.79 Å². The minimum Gasteiger partial charge on any atom is -0.489 e. The lowest BCUT2D eigenvalue weighted by molar-refractivity contribution is -0.131. The molecule has 0 radical (unpaired) electrons. The standard InChI is InChI=1S/C16H13BrO3/c17-15-10-14(8-6-13(15)7-9-16(18)19)20-11-12-4-2-1-3-5-12/h1-10H,11H2,(H,18,19). The van der Waals surface area contributed by atoms with E-state index in [0.29, 0.717) is 6.61 Å². The first-order valence-electron chi connectivity index (χ1n) is 6.02. The van der Waals surface area contributed by atoms with Crippen molar-refractivity contribution in [2.75, 3.05) is 0 Å². The van der Waals surface area contributed by atoms with E-state index in [9.17, 15) is 4.79 Å². The number of halogens is 1. The number of carboxylic acid groups (broad SMARTS) is 1. The third-order valence-electron chi connectivity index (χ3n) is 2.63. The van der Waals surface area contributed by atoms with Crippen molar-refractivity contribution >= 4 is 28.0 Å². The predicted molar refractivity (Wildman–Crippen MR) is 81.6 cm³/mol. The first-order chi connectivity index (χ1) is 9.65. The molecule has 0 amide bonds. The van der Waals surface area contributed by atoms with Crippen LogP contribution in [0.2, 0.25) is 0 Å². The highest BCUT2D eigenvalue weighted by Crippen LogP contribution is 2.24. The third-order valence-corrected chi connectivity index (χ3v) is 3.31. The van der Waals surface area contributed by atoms with Crippen LogP contribution in [0.5, 0.6) is 5.75 Å². The third kappa shape index (κ3) is 4.24. The van der Waals surface area contributed by atoms with Crippen LogP contribution in [-0.2, 0) is 11.4 Å². The zero-order valence-electron chi connectivity index (χ0n) is 10.6. The number of ether oxygens (including phenoxy) is 1. The molecule has 0 saturated carbocycles. The average Bonchev–Trinajstić information content (AvgIpc) is 2.45. The monoisotopic (exact) mass is 332 g/mol. The van der Waals surface area contributed by atoms with Crippen LogP contribution in [0.4, 0.5) is 0 Å². The minimum absolute atomic E-state index is 0.498. The van der Waals surface area contributed by atoms with Gasteiger partial charge in [0.15, 0.2) is 0 Å². The van der Waals surface area contributed by atoms with Gasteiger partial charge in [0.05, 0.1) is 0 Å². The largest absolute Gasteiger partial charge is 0.489 e. The van der Waals surface area contributed by atoms with Crippen molar-refractivity contribution in [1.29, 1.82) is 0 Å². The SMILES string of the molecule is O=C(O)C=Cc1ccc(OCc2ccccc2)cc1Br. The normalized spacial score (nSPS) is 10.7. The summed E-state index contributed by atoms with van der Waals surface area (Å²) in [4.78, 5) is 10.5. The van der Waals surface area contributed by atoms with Crippen molar-refractivity contribution in [3.8, 4) is 5.75 Å². The van der Waals surface area contributed by atoms with Gasteiger partial charge in [0.2, 0.25) is 0 Å². The van der Waals surface area contributed by atoms with Gasteiger partial charge in [0.1, 0.15) is 12.4 Å². The van der Waals surface area contributed by atoms with Gasteiger partial charge in [-0.2, -0.15) is 0 Å². The molecule has 0 fully saturated rings. The van der Waals surface area contributed by atoms with E-state index >= 15 is 0 Å². The van der Waals surface area contributed by atoms with E-state index in [1.54, 1.807) is 0 Å². The zero-order chi connectivity index (χ0) is 14.4. The van der Waals surface area contributed by atoms with Crippen molar-refractivity contribution < 1.29 is 14.6 Å². The molecule has 1 N–H and O–H groups in total. The minimum atomic E-state index is -0.971. The molecule has 0 heterocycles. The Morgan fingerprint density at radius 2 is 1.95 bits per heavy atom. The van der Waals surface area contributed by atoms with E-state index in [4.69, 9.17) is 9.84 Å². The molecule has 0 aromatic heterocycles. The number of carbonyl (C=O) groups is 1. The second-order valence-electron chi connectivity index (χ2n) is 4.13. The average molecular weight is 333 g/mol. The summed E-state index contributed by atoms with van der Waals surface area (Å²) in [5, 5.41) is 8.60. The number of rotatable bonds is 5. The van der Waals surface area contributed by atoms with Crippen molar-refractivity contribution in [3.63, 3.8) is 0 Å². The van der Waals surface area contributed by atoms with Crippen LogP contribution < -0.4 is 4.74 Å². The Kier molecular flexibility index (Phi) is 4.96. The highest BCUT2D eigenvalue weighted by molar-refractivity contribution is 9.10. The summed E-state index contributed by atoms with van der Waals surface area (Å²) in [5.74, 6) is -0.241. The van der Waals surface area contributed by atoms with Gasteiger partial charge in [-0.3, -0.25) is 0 Å². The van der Waals surface area contributed by atoms with E-state index in [2.05, 4.69) is 15.9 Å². The van der Waals surface area contributed by atoms with Crippen molar-refractivity contribution in [2.24, 2.45) is 0 Å². The maximum absolute atomic E-state index is 10.5. The number of carboxylic acids is 1. The molecule has 2 rings (SSSR count). The fourth-order valence-electron chi connectivity index (χ4n) is 1.63. The molecule has 0 unspecified atom stereocenters. The molecule has 2 aromatic carbocycles. The second-order valence-corrected chi connectivity index (χ2v) is 4.98. The molecule has 0 aliphatic rings. The van der Waals surface area contributed by atoms with Crippen LogP contribution in [0.15, 0.2) is 59.1 Å². The quantitative estimate of drug-likeness (QED) is 0.837. The lowest BCUT2D eigenvalue weighted by Crippen LogP contribution is -1.95. The molecule has 2 aromatic rings. The maximum Gasteiger partial charge on any atom is 0.328 e. The molecule has 0 aliphatic heterocycles. The zero-order valence-corrected chi connectivity index (χ0v) is 12.2. The number of hydrogen-bond acceptors (Lipinski definition) is 2. The Morgan fingerprint density at radius 1 is 1.20 bits per heavy atom. The van der Waals surface area contributed by atoms with Gasteiger partial charge in [0.25, 0.3) is 0 Å². The van der Waals surface area contributed by atoms with E-state index in [-0.39, 0.29) is 0 Å². The van der Waals surface area contributed by atoms with Crippen LogP contribution in [0.3, 0.4) is 0 Å². The van der Waals surface area contributed by atoms with Crippen molar-refractivity contribution in [3.05, 3.63) is 70.2 Å². The molecule has 20 heavy (non-hydrogen) atoms. The van der Waals surface area contributed by atoms with Crippen LogP contribution in [0.25, 0.3) is 6.08 Å². The van der Waals surface area contributed by atoms with E-state index in [1.165, 1.54) is 6.08 Å². The number of benzene rings is 2. The van der Waals surface area contributed by atoms with Gasteiger partial charge in [-0.1, -0.05) is 52.3 Å². The fourth-order valence-corrected chi connectivity index (χ4v) is 2.12. The Bertz CT molecular complexity index is 621. The maximum atomic E-state index is 10.5. The summed E-state index contributed by atoms with van der Waals surface area (Å²) in [5.41, 5.74) is 1.89. The molecular formula is C16H13BrO3. The molecule has 0 spiro atoms. The first-order valence-corrected chi connectivity index (χ1v) is 6.82. The molecule has 0 atom stereocenters. The Hall–Kier alpha value is -2.07. The van der Waals surface area contributed by atoms with Crippen LogP contribution in [0.1, 0.15) is 11.1 Å². The van der Waals surface area contributed by atoms with Crippen LogP contribution in [-0.4, -0.2) is 11.1 Å². The molecule has 0 aliphatic carbocycles. The Balaban J connectivity index is 2.04. The number of hydrogen-bond donors (Lipinski definition) is 1. The lowest BCUT2D eigenvalue weighted by atomic mass is 10.2. The highest BCUT2D eigenvalue weighted by atomic mass is 79.9. The summed E-state index contributed by atoms with van der Waals surface area (Å²) in [6.45, 7) is 0.498. The summed E-state index contributed by atoms with van der Waals surface area (Å²) >= 11 is 3.40. The van der Waals surface area contributed by atoms with E-state index in [1.807, 2.05) is 48.5 Å². The number of aliphatic carboxylic acids is 1. The molecule has 0 saturated heterocycles.